The van der Waals surface area contributed by atoms with E-state index < -0.39 is 4.92 Å². The van der Waals surface area contributed by atoms with E-state index in [0.717, 1.165) is 42.9 Å². The number of ether oxygens (including phenoxy) is 1. The molecule has 0 bridgehead atoms. The summed E-state index contributed by atoms with van der Waals surface area (Å²) in [5, 5.41) is 11.3. The Labute approximate surface area is 156 Å². The van der Waals surface area contributed by atoms with Crippen LogP contribution in [0.25, 0.3) is 0 Å². The largest absolute Gasteiger partial charge is 0.487 e. The summed E-state index contributed by atoms with van der Waals surface area (Å²) < 4.78 is 5.33. The van der Waals surface area contributed by atoms with Crippen molar-refractivity contribution in [1.29, 1.82) is 0 Å². The van der Waals surface area contributed by atoms with E-state index in [1.165, 1.54) is 0 Å². The van der Waals surface area contributed by atoms with Gasteiger partial charge in [0.15, 0.2) is 5.75 Å². The van der Waals surface area contributed by atoms with Crippen LogP contribution in [0.5, 0.6) is 5.75 Å². The lowest BCUT2D eigenvalue weighted by molar-refractivity contribution is -0.385. The number of aromatic nitrogens is 2. The number of nitrogens with one attached hydrogen (secondary N) is 1. The molecule has 1 fully saturated rings. The minimum absolute atomic E-state index is 0.0275. The fourth-order valence-electron chi connectivity index (χ4n) is 3.52. The molecule has 1 aromatic carbocycles. The summed E-state index contributed by atoms with van der Waals surface area (Å²) in [6.45, 7) is 3.99. The molecule has 0 radical (unpaired) electrons. The molecule has 0 unspecified atom stereocenters. The third kappa shape index (κ3) is 3.71. The maximum absolute atomic E-state index is 12.4. The summed E-state index contributed by atoms with van der Waals surface area (Å²) in [6, 6.07) is 5.04. The molecule has 8 heteroatoms. The van der Waals surface area contributed by atoms with Gasteiger partial charge < -0.3 is 9.72 Å². The summed E-state index contributed by atoms with van der Waals surface area (Å²) in [5.74, 6) is 1.53. The predicted molar refractivity (Wildman–Crippen MR) is 98.9 cm³/mol. The van der Waals surface area contributed by atoms with E-state index in [9.17, 15) is 14.9 Å². The number of nitro groups is 1. The van der Waals surface area contributed by atoms with Crippen LogP contribution < -0.4 is 10.3 Å². The van der Waals surface area contributed by atoms with Crippen LogP contribution in [0.1, 0.15) is 48.3 Å². The van der Waals surface area contributed by atoms with E-state index in [2.05, 4.69) is 14.9 Å². The Morgan fingerprint density at radius 2 is 2.22 bits per heavy atom. The maximum atomic E-state index is 12.4. The number of aromatic amines is 1. The molecule has 142 valence electrons. The normalized spacial score (nSPS) is 16.8. The first-order valence-corrected chi connectivity index (χ1v) is 9.29. The van der Waals surface area contributed by atoms with Crippen molar-refractivity contribution in [2.45, 2.75) is 45.2 Å². The minimum atomic E-state index is -0.423. The molecular weight excluding hydrogens is 348 g/mol. The van der Waals surface area contributed by atoms with Gasteiger partial charge >= 0.3 is 5.69 Å². The monoisotopic (exact) mass is 370 g/mol. The zero-order valence-corrected chi connectivity index (χ0v) is 15.2. The van der Waals surface area contributed by atoms with Crippen LogP contribution in [0.15, 0.2) is 23.0 Å². The van der Waals surface area contributed by atoms with Gasteiger partial charge in [-0.2, -0.15) is 0 Å². The molecule has 2 aromatic rings. The van der Waals surface area contributed by atoms with Crippen molar-refractivity contribution < 1.29 is 9.66 Å². The number of fused-ring (bicyclic) bond motifs is 1. The van der Waals surface area contributed by atoms with E-state index in [4.69, 9.17) is 4.74 Å². The van der Waals surface area contributed by atoms with Crippen molar-refractivity contribution in [2.75, 3.05) is 13.2 Å². The van der Waals surface area contributed by atoms with Gasteiger partial charge in [0.1, 0.15) is 5.82 Å². The molecule has 1 aliphatic heterocycles. The second-order valence-electron chi connectivity index (χ2n) is 7.10. The van der Waals surface area contributed by atoms with Crippen LogP contribution in [0, 0.1) is 10.1 Å². The van der Waals surface area contributed by atoms with Crippen LogP contribution >= 0.6 is 0 Å². The zero-order valence-electron chi connectivity index (χ0n) is 15.2. The Hall–Kier alpha value is -2.74. The van der Waals surface area contributed by atoms with Crippen molar-refractivity contribution in [2.24, 2.45) is 0 Å². The van der Waals surface area contributed by atoms with Crippen LogP contribution in [-0.4, -0.2) is 32.9 Å². The molecular formula is C19H22N4O4. The summed E-state index contributed by atoms with van der Waals surface area (Å²) >= 11 is 0. The number of nitro benzene ring substituents is 1. The number of benzene rings is 1. The molecule has 2 heterocycles. The molecule has 1 aromatic heterocycles. The Bertz CT molecular complexity index is 936. The summed E-state index contributed by atoms with van der Waals surface area (Å²) in [7, 11) is 0. The average Bonchev–Trinajstić information content (AvgIpc) is 3.48. The Morgan fingerprint density at radius 1 is 1.41 bits per heavy atom. The van der Waals surface area contributed by atoms with Crippen LogP contribution in [0.3, 0.4) is 0 Å². The number of H-pyrrole nitrogens is 1. The number of rotatable bonds is 6. The van der Waals surface area contributed by atoms with Crippen molar-refractivity contribution in [1.82, 2.24) is 14.9 Å². The fraction of sp³-hybridized carbons (Fsp3) is 0.474. The van der Waals surface area contributed by atoms with Gasteiger partial charge in [-0.05, 0) is 31.4 Å². The Balaban J connectivity index is 1.52. The van der Waals surface area contributed by atoms with Crippen molar-refractivity contribution in [3.63, 3.8) is 0 Å². The van der Waals surface area contributed by atoms with Crippen LogP contribution in [0.4, 0.5) is 5.69 Å². The lowest BCUT2D eigenvalue weighted by Crippen LogP contribution is -2.35. The van der Waals surface area contributed by atoms with Crippen LogP contribution in [0.2, 0.25) is 0 Å². The third-order valence-electron chi connectivity index (χ3n) is 5.06. The van der Waals surface area contributed by atoms with Gasteiger partial charge in [-0.1, -0.05) is 6.07 Å². The quantitative estimate of drug-likeness (QED) is 0.619. The molecule has 1 aliphatic carbocycles. The molecule has 27 heavy (non-hydrogen) atoms. The Morgan fingerprint density at radius 3 is 2.93 bits per heavy atom. The molecule has 0 saturated heterocycles. The summed E-state index contributed by atoms with van der Waals surface area (Å²) in [5.41, 5.74) is 2.36. The lowest BCUT2D eigenvalue weighted by Gasteiger charge is -2.27. The van der Waals surface area contributed by atoms with Gasteiger partial charge in [-0.15, -0.1) is 0 Å². The van der Waals surface area contributed by atoms with Gasteiger partial charge in [0.05, 0.1) is 22.8 Å². The van der Waals surface area contributed by atoms with Gasteiger partial charge in [0.2, 0.25) is 0 Å². The highest BCUT2D eigenvalue weighted by Gasteiger charge is 2.29. The first kappa shape index (κ1) is 17.7. The SMILES string of the molecule is CCOc1ccc(CN2CCc3nc(C4CC4)[nH]c(=O)c3C2)cc1[N+](=O)[O-]. The van der Waals surface area contributed by atoms with E-state index in [-0.39, 0.29) is 17.0 Å². The van der Waals surface area contributed by atoms with E-state index in [1.54, 1.807) is 19.1 Å². The van der Waals surface area contributed by atoms with Crippen LogP contribution in [-0.2, 0) is 19.5 Å². The second-order valence-corrected chi connectivity index (χ2v) is 7.10. The minimum Gasteiger partial charge on any atom is -0.487 e. The molecule has 0 spiro atoms. The van der Waals surface area contributed by atoms with E-state index in [1.807, 2.05) is 6.07 Å². The molecule has 1 saturated carbocycles. The molecule has 2 aliphatic rings. The summed E-state index contributed by atoms with van der Waals surface area (Å²) in [4.78, 5) is 33.0. The van der Waals surface area contributed by atoms with Gasteiger partial charge in [0, 0.05) is 38.0 Å². The molecule has 8 nitrogen and oxygen atoms in total. The summed E-state index contributed by atoms with van der Waals surface area (Å²) in [6.07, 6.45) is 2.92. The topological polar surface area (TPSA) is 101 Å². The Kier molecular flexibility index (Phi) is 4.65. The average molecular weight is 370 g/mol. The number of hydrogen-bond donors (Lipinski definition) is 1. The highest BCUT2D eigenvalue weighted by Crippen LogP contribution is 2.38. The van der Waals surface area contributed by atoms with Gasteiger partial charge in [0.25, 0.3) is 5.56 Å². The fourth-order valence-corrected chi connectivity index (χ4v) is 3.52. The first-order chi connectivity index (χ1) is 13.0. The molecule has 0 amide bonds. The predicted octanol–water partition coefficient (Wildman–Crippen LogP) is 2.51. The standard InChI is InChI=1S/C19H22N4O4/c1-2-27-17-6-3-12(9-16(17)23(25)26)10-22-8-7-15-14(11-22)19(24)21-18(20-15)13-4-5-13/h3,6,9,13H,2,4-5,7-8,10-11H2,1H3,(H,20,21,24). The van der Waals surface area contributed by atoms with Crippen molar-refractivity contribution in [3.05, 3.63) is 61.3 Å². The van der Waals surface area contributed by atoms with Gasteiger partial charge in [-0.3, -0.25) is 19.8 Å². The van der Waals surface area contributed by atoms with E-state index in [0.29, 0.717) is 31.2 Å². The first-order valence-electron chi connectivity index (χ1n) is 9.29. The molecule has 4 rings (SSSR count). The van der Waals surface area contributed by atoms with Crippen molar-refractivity contribution in [3.8, 4) is 5.75 Å². The highest BCUT2D eigenvalue weighted by atomic mass is 16.6. The maximum Gasteiger partial charge on any atom is 0.311 e. The van der Waals surface area contributed by atoms with E-state index >= 15 is 0 Å². The molecule has 0 atom stereocenters. The third-order valence-corrected chi connectivity index (χ3v) is 5.06. The number of nitrogens with zero attached hydrogens (tertiary/aromatic N) is 3. The number of hydrogen-bond acceptors (Lipinski definition) is 6. The zero-order chi connectivity index (χ0) is 19.0. The lowest BCUT2D eigenvalue weighted by atomic mass is 10.1. The smallest absolute Gasteiger partial charge is 0.311 e. The van der Waals surface area contributed by atoms with Crippen molar-refractivity contribution >= 4 is 5.69 Å². The molecule has 1 N–H and O–H groups in total. The van der Waals surface area contributed by atoms with Gasteiger partial charge in [-0.25, -0.2) is 4.98 Å². The highest BCUT2D eigenvalue weighted by molar-refractivity contribution is 5.48. The second kappa shape index (κ2) is 7.11.